The second-order valence-electron chi connectivity index (χ2n) is 12.7. The Morgan fingerprint density at radius 2 is 1.44 bits per heavy atom. The molecule has 2 aliphatic carbocycles. The first kappa shape index (κ1) is 52.7. The summed E-state index contributed by atoms with van der Waals surface area (Å²) in [4.78, 5) is 29.0. The third kappa shape index (κ3) is 11.7. The molecule has 0 radical (unpaired) electrons. The van der Waals surface area contributed by atoms with Crippen molar-refractivity contribution in [2.24, 2.45) is 16.7 Å². The SMILES string of the molecule is C=CCC[C@@H]1OC(=O)C2C(=O)[C@]3(O)C[C@H](OP(P(P)P(P)P)P(P(P)P)P(P)P)C(C)=C([C@H](OP(P(P)P)P(PP)P(P)P)C[C@@]21C)C3(C)C. The first-order chi connectivity index (χ1) is 23.0. The van der Waals surface area contributed by atoms with E-state index >= 15 is 4.79 Å². The lowest BCUT2D eigenvalue weighted by molar-refractivity contribution is -0.168. The number of carbonyl (C=O) groups is 2. The number of ether oxygens (including phenoxy) is 1. The smallest absolute Gasteiger partial charge is 0.317 e. The van der Waals surface area contributed by atoms with Gasteiger partial charge < -0.3 is 18.9 Å². The van der Waals surface area contributed by atoms with E-state index in [0.717, 1.165) is 11.1 Å². The Morgan fingerprint density at radius 3 is 1.90 bits per heavy atom. The summed E-state index contributed by atoms with van der Waals surface area (Å²) in [5.74, 6) is -2.05. The monoisotopic (exact) mass is 1110 g/mol. The second-order valence-corrected chi connectivity index (χ2v) is 96.0. The fourth-order valence-electron chi connectivity index (χ4n) is 6.87. The molecule has 6 nitrogen and oxygen atoms in total. The van der Waals surface area contributed by atoms with Crippen LogP contribution < -0.4 is 0 Å². The van der Waals surface area contributed by atoms with Crippen LogP contribution in [0, 0.1) is 16.7 Å². The number of allylic oxidation sites excluding steroid dienone is 1. The highest BCUT2D eigenvalue weighted by Crippen LogP contribution is 3.18. The first-order valence-corrected chi connectivity index (χ1v) is 55.2. The van der Waals surface area contributed by atoms with Gasteiger partial charge in [0.05, 0.1) is 27.3 Å². The van der Waals surface area contributed by atoms with E-state index in [-0.39, 0.29) is 6.42 Å². The Balaban J connectivity index is 2.37. The van der Waals surface area contributed by atoms with Gasteiger partial charge in [-0.2, -0.15) is 0 Å². The molecular formula is C21H53O6P23. The lowest BCUT2D eigenvalue weighted by Crippen LogP contribution is -2.64. The summed E-state index contributed by atoms with van der Waals surface area (Å²) in [5, 5.41) is 13.1. The molecule has 2 fully saturated rings. The minimum atomic E-state index is -1.86. The fourth-order valence-corrected chi connectivity index (χ4v) is 169. The van der Waals surface area contributed by atoms with Crippen molar-refractivity contribution in [3.05, 3.63) is 23.8 Å². The number of aliphatic hydroxyl groups is 1. The molecule has 50 heavy (non-hydrogen) atoms. The summed E-state index contributed by atoms with van der Waals surface area (Å²) >= 11 is 0. The summed E-state index contributed by atoms with van der Waals surface area (Å²) in [6.07, 6.45) is 2.23. The number of ketones is 1. The lowest BCUT2D eigenvalue weighted by Gasteiger charge is -2.56. The Kier molecular flexibility index (Phi) is 24.1. The largest absolute Gasteiger partial charge is 0.461 e. The maximum atomic E-state index is 15.1. The van der Waals surface area contributed by atoms with E-state index in [1.165, 1.54) is 0 Å². The highest BCUT2D eigenvalue weighted by Gasteiger charge is 2.69. The van der Waals surface area contributed by atoms with Crippen molar-refractivity contribution in [2.75, 3.05) is 0 Å². The molecule has 29 heteroatoms. The van der Waals surface area contributed by atoms with Crippen LogP contribution in [0.25, 0.3) is 0 Å². The van der Waals surface area contributed by atoms with Crippen molar-refractivity contribution in [3.8, 4) is 0 Å². The zero-order valence-corrected chi connectivity index (χ0v) is 52.1. The maximum Gasteiger partial charge on any atom is 0.317 e. The third-order valence-corrected chi connectivity index (χ3v) is 127. The third-order valence-electron chi connectivity index (χ3n) is 9.35. The predicted molar refractivity (Wildman–Crippen MR) is 290 cm³/mol. The molecule has 2 bridgehead atoms. The van der Waals surface area contributed by atoms with Crippen LogP contribution in [0.5, 0.6) is 0 Å². The molecule has 1 aliphatic heterocycles. The summed E-state index contributed by atoms with van der Waals surface area (Å²) in [6.45, 7) is 8.23. The minimum absolute atomic E-state index is 0.105. The van der Waals surface area contributed by atoms with Crippen molar-refractivity contribution in [3.63, 3.8) is 0 Å². The van der Waals surface area contributed by atoms with Crippen LogP contribution in [0.3, 0.4) is 0 Å². The number of Topliss-reactive ketones (excluding diaryl/α,β-unsaturated/α-hetero) is 1. The van der Waals surface area contributed by atoms with Gasteiger partial charge in [0.25, 0.3) is 0 Å². The number of cyclic esters (lactones) is 1. The van der Waals surface area contributed by atoms with Gasteiger partial charge in [-0.25, -0.2) is 0 Å². The zero-order chi connectivity index (χ0) is 38.3. The van der Waals surface area contributed by atoms with E-state index in [4.69, 9.17) is 13.8 Å². The maximum absolute atomic E-state index is 15.1. The molecule has 1 saturated heterocycles. The molecule has 0 amide bonds. The normalized spacial score (nSPS) is 32.7. The van der Waals surface area contributed by atoms with Crippen LogP contribution in [0.1, 0.15) is 53.4 Å². The average molecular weight is 1110 g/mol. The van der Waals surface area contributed by atoms with Crippen LogP contribution in [-0.2, 0) is 23.4 Å². The summed E-state index contributed by atoms with van der Waals surface area (Å²) in [6, 6.07) is 0. The van der Waals surface area contributed by atoms with Gasteiger partial charge in [0, 0.05) is 38.2 Å². The van der Waals surface area contributed by atoms with E-state index in [9.17, 15) is 9.90 Å². The van der Waals surface area contributed by atoms with Gasteiger partial charge in [0.2, 0.25) is 0 Å². The van der Waals surface area contributed by atoms with Crippen LogP contribution in [0.4, 0.5) is 0 Å². The quantitative estimate of drug-likeness (QED) is 0.0718. The molecule has 18 unspecified atom stereocenters. The topological polar surface area (TPSA) is 82.1 Å². The van der Waals surface area contributed by atoms with E-state index in [2.05, 4.69) is 121 Å². The van der Waals surface area contributed by atoms with Crippen molar-refractivity contribution >= 4 is 198 Å². The summed E-state index contributed by atoms with van der Waals surface area (Å²) in [5.41, 5.74) is -1.68. The van der Waals surface area contributed by atoms with Gasteiger partial charge in [-0.1, -0.05) is 43.7 Å². The molecule has 1 heterocycles. The highest BCUT2D eigenvalue weighted by atomic mass is 33.2. The van der Waals surface area contributed by atoms with Crippen molar-refractivity contribution in [2.45, 2.75) is 77.3 Å². The van der Waals surface area contributed by atoms with Crippen molar-refractivity contribution < 1.29 is 28.5 Å². The number of rotatable bonds is 16. The van der Waals surface area contributed by atoms with E-state index in [0.29, 0.717) is 27.2 Å². The molecule has 23 atom stereocenters. The molecule has 3 rings (SSSR count). The number of carbonyl (C=O) groups excluding carboxylic acids is 2. The Bertz CT molecular complexity index is 1260. The number of fused-ring (bicyclic) bond motifs is 3. The summed E-state index contributed by atoms with van der Waals surface area (Å²) < 4.78 is 21.1. The standard InChI is InChI=1S/C21H53O6P23/c1-6-7-8-14-20(5)9-13(27-41(43(29)30)49(40-28)45(33)34)15-11(2)12(26-42(48(39)44(31)32)50(46(35)36)47(37)38)10-21(24,19(15,3)4)17(22)16(20)18(23)25-14/h6,12-14,16,24,40H,1,7-10,28-39H2,2-5H3/t12-,13+,14-,16?,20+,21+,41?,42?,48?,49?/m0/s1. The number of esters is 1. The molecule has 288 valence electrons. The molecule has 0 aromatic heterocycles. The zero-order valence-electron chi connectivity index (χ0n) is 28.3. The van der Waals surface area contributed by atoms with Gasteiger partial charge in [-0.3, -0.25) is 9.59 Å². The van der Waals surface area contributed by atoms with E-state index in [1.54, 1.807) is 0 Å². The van der Waals surface area contributed by atoms with E-state index < -0.39 is 123 Å². The Morgan fingerprint density at radius 1 is 0.880 bits per heavy atom. The average Bonchev–Trinajstić information content (AvgIpc) is 3.23. The fraction of sp³-hybridized carbons (Fsp3) is 0.714. The predicted octanol–water partition coefficient (Wildman–Crippen LogP) is 15.8. The molecule has 0 aromatic rings. The van der Waals surface area contributed by atoms with Crippen molar-refractivity contribution in [1.29, 1.82) is 0 Å². The van der Waals surface area contributed by atoms with Crippen molar-refractivity contribution in [1.82, 2.24) is 0 Å². The van der Waals surface area contributed by atoms with Gasteiger partial charge in [0.1, 0.15) is 17.6 Å². The first-order valence-electron chi connectivity index (χ1n) is 14.8. The van der Waals surface area contributed by atoms with Gasteiger partial charge in [-0.15, -0.1) is 105 Å². The molecule has 3 aliphatic rings. The van der Waals surface area contributed by atoms with E-state index in [1.807, 2.05) is 26.8 Å². The molecule has 0 aromatic carbocycles. The van der Waals surface area contributed by atoms with Crippen LogP contribution in [0.2, 0.25) is 0 Å². The molecule has 1 saturated carbocycles. The second kappa shape index (κ2) is 22.8. The van der Waals surface area contributed by atoms with Crippen LogP contribution in [0.15, 0.2) is 23.8 Å². The Labute approximate surface area is 341 Å². The highest BCUT2D eigenvalue weighted by molar-refractivity contribution is 9.19. The molecular weight excluding hydrogens is 1060 g/mol. The van der Waals surface area contributed by atoms with Crippen LogP contribution in [-0.4, -0.2) is 40.8 Å². The summed E-state index contributed by atoms with van der Waals surface area (Å²) in [7, 11) is 35.5. The lowest BCUT2D eigenvalue weighted by atomic mass is 9.51. The number of hydrogen-bond donors (Lipinski definition) is 1. The number of hydrogen-bond acceptors (Lipinski definition) is 6. The van der Waals surface area contributed by atoms with Gasteiger partial charge >= 0.3 is 5.97 Å². The Hall–Kier alpha value is 8.39. The van der Waals surface area contributed by atoms with Gasteiger partial charge in [-0.05, 0) is 72.3 Å². The van der Waals surface area contributed by atoms with Crippen LogP contribution >= 0.6 is 186 Å². The molecule has 0 spiro atoms. The minimum Gasteiger partial charge on any atom is -0.461 e. The molecule has 1 N–H and O–H groups in total. The van der Waals surface area contributed by atoms with Gasteiger partial charge in [0.15, 0.2) is 5.78 Å².